The number of benzene rings is 9. The van der Waals surface area contributed by atoms with Gasteiger partial charge in [0.2, 0.25) is 0 Å². The van der Waals surface area contributed by atoms with E-state index in [2.05, 4.69) is 144 Å². The Morgan fingerprint density at radius 2 is 0.906 bits per heavy atom. The molecule has 0 bridgehead atoms. The first-order valence-corrected chi connectivity index (χ1v) is 21.8. The van der Waals surface area contributed by atoms with Crippen LogP contribution in [0.25, 0.3) is 109 Å². The zero-order chi connectivity index (χ0) is 43.5. The molecule has 3 aromatic heterocycles. The molecule has 0 aliphatic rings. The normalized spacial score (nSPS) is 11.9. The number of hydrogen-bond donors (Lipinski definition) is 0. The van der Waals surface area contributed by atoms with Gasteiger partial charge in [-0.2, -0.15) is 0 Å². The van der Waals surface area contributed by atoms with E-state index in [-0.39, 0.29) is 21.9 Å². The van der Waals surface area contributed by atoms with Crippen LogP contribution in [0.2, 0.25) is 0 Å². The highest BCUT2D eigenvalue weighted by Gasteiger charge is 2.25. The summed E-state index contributed by atoms with van der Waals surface area (Å²) in [5, 5.41) is 5.49. The number of para-hydroxylation sites is 1. The molecule has 0 amide bonds. The van der Waals surface area contributed by atoms with Gasteiger partial charge in [-0.15, -0.1) is 22.3 Å². The molecule has 64 heavy (non-hydrogen) atoms. The van der Waals surface area contributed by atoms with Crippen LogP contribution < -0.4 is 38.2 Å². The largest absolute Gasteiger partial charge is 0.311 e. The predicted octanol–water partition coefficient (Wildman–Crippen LogP) is 6.81. The van der Waals surface area contributed by atoms with Crippen molar-refractivity contribution >= 4 is 168 Å². The van der Waals surface area contributed by atoms with E-state index in [0.717, 1.165) is 76.5 Å². The first kappa shape index (κ1) is 38.9. The lowest BCUT2D eigenvalue weighted by atomic mass is 9.64. The lowest BCUT2D eigenvalue weighted by molar-refractivity contribution is 1.18. The molecule has 12 rings (SSSR count). The van der Waals surface area contributed by atoms with Gasteiger partial charge in [-0.1, -0.05) is 143 Å². The van der Waals surface area contributed by atoms with Gasteiger partial charge in [0.25, 0.3) is 0 Å². The van der Waals surface area contributed by atoms with E-state index >= 15 is 0 Å². The van der Waals surface area contributed by atoms with E-state index in [4.69, 9.17) is 54.9 Å². The van der Waals surface area contributed by atoms with Crippen LogP contribution in [0.1, 0.15) is 0 Å². The molecule has 14 radical (unpaired) electrons. The van der Waals surface area contributed by atoms with Gasteiger partial charge in [0, 0.05) is 64.3 Å². The average Bonchev–Trinajstić information content (AvgIpc) is 4.01. The lowest BCUT2D eigenvalue weighted by Gasteiger charge is -2.19. The molecule has 0 N–H and O–H groups in total. The van der Waals surface area contributed by atoms with Gasteiger partial charge < -0.3 is 9.13 Å². The van der Waals surface area contributed by atoms with Crippen molar-refractivity contribution in [2.75, 3.05) is 0 Å². The van der Waals surface area contributed by atoms with Crippen LogP contribution in [0, 0.1) is 0 Å². The molecule has 0 unspecified atom stereocenters. The Hall–Kier alpha value is -6.75. The van der Waals surface area contributed by atoms with Crippen LogP contribution in [0.4, 0.5) is 0 Å². The monoisotopic (exact) mass is 812 g/mol. The number of thiophene rings is 1. The maximum absolute atomic E-state index is 7.43. The summed E-state index contributed by atoms with van der Waals surface area (Å²) in [7, 11) is 48.9. The smallest absolute Gasteiger partial charge is 0.115 e. The summed E-state index contributed by atoms with van der Waals surface area (Å²) in [5.74, 6) is 0. The van der Waals surface area contributed by atoms with Crippen molar-refractivity contribution in [2.24, 2.45) is 0 Å². The number of rotatable bonds is 5. The Morgan fingerprint density at radius 3 is 1.66 bits per heavy atom. The van der Waals surface area contributed by atoms with Crippen molar-refractivity contribution in [1.29, 1.82) is 0 Å². The van der Waals surface area contributed by atoms with Crippen molar-refractivity contribution in [3.63, 3.8) is 0 Å². The van der Waals surface area contributed by atoms with E-state index < -0.39 is 0 Å². The third-order valence-corrected chi connectivity index (χ3v) is 14.1. The summed E-state index contributed by atoms with van der Waals surface area (Å²) in [6.07, 6.45) is 0. The highest BCUT2D eigenvalue weighted by Crippen LogP contribution is 2.41. The van der Waals surface area contributed by atoms with Crippen LogP contribution in [0.15, 0.2) is 164 Å². The number of nitrogens with zero attached hydrogens (tertiary/aromatic N) is 2. The van der Waals surface area contributed by atoms with Gasteiger partial charge in [-0.25, -0.2) is 0 Å². The first-order valence-electron chi connectivity index (χ1n) is 21.0. The number of hydrogen-bond acceptors (Lipinski definition) is 1. The zero-order valence-electron chi connectivity index (χ0n) is 34.4. The van der Waals surface area contributed by atoms with E-state index in [1.54, 1.807) is 11.3 Å². The average molecular weight is 812 g/mol. The Kier molecular flexibility index (Phi) is 8.91. The van der Waals surface area contributed by atoms with E-state index in [1.165, 1.54) is 4.70 Å². The first-order chi connectivity index (χ1) is 31.2. The van der Waals surface area contributed by atoms with Crippen LogP contribution in [-0.4, -0.2) is 64.1 Å². The fraction of sp³-hybridized carbons (Fsp3) is 0. The van der Waals surface area contributed by atoms with Crippen LogP contribution in [-0.2, 0) is 0 Å². The minimum atomic E-state index is 0.180. The number of fused-ring (bicyclic) bond motifs is 9. The predicted molar refractivity (Wildman–Crippen MR) is 282 cm³/mol. The third-order valence-electron chi connectivity index (χ3n) is 12.9. The standard InChI is InChI=1S/C54H27B7N2S/c55-45-42(46(56)50(60)53-43(45)44-47(57)48(58)49(59)51(61)54(44)63(53)33-23-25-41-38(27-33)35-14-7-8-17-40(35)64-41)31-20-24-39-37(26-31)36-16-9-15-34(30-12-5-2-6-13-30)52(36)62(39)32-21-18-29(19-22-32)28-10-3-1-4-11-28/h1-27H. The molecule has 12 aromatic rings. The molecule has 0 aliphatic heterocycles. The van der Waals surface area contributed by atoms with E-state index in [1.807, 2.05) is 28.8 Å². The molecule has 0 spiro atoms. The Labute approximate surface area is 383 Å². The van der Waals surface area contributed by atoms with E-state index in [0.29, 0.717) is 43.8 Å². The van der Waals surface area contributed by atoms with Gasteiger partial charge in [0.15, 0.2) is 0 Å². The molecule has 3 heterocycles. The minimum absolute atomic E-state index is 0.180. The summed E-state index contributed by atoms with van der Waals surface area (Å²) < 4.78 is 6.66. The molecular formula is C54H27B7N2S. The van der Waals surface area contributed by atoms with Gasteiger partial charge in [-0.3, -0.25) is 0 Å². The molecule has 2 nitrogen and oxygen atoms in total. The summed E-state index contributed by atoms with van der Waals surface area (Å²) in [5.41, 5.74) is 12.9. The fourth-order valence-corrected chi connectivity index (χ4v) is 11.0. The molecule has 10 heteroatoms. The van der Waals surface area contributed by atoms with Crippen molar-refractivity contribution in [2.45, 2.75) is 0 Å². The SMILES string of the molecule is [B]c1c([B])c([B])c2c(c1[B])c1c([B])c(-c3ccc4c(c3)c3cccc(-c5ccccc5)c3n4-c3ccc(-c4ccccc4)cc3)c([B])c([B])c1n2-c1ccc2sc3ccccc3c2c1. The molecule has 0 atom stereocenters. The van der Waals surface area contributed by atoms with Crippen LogP contribution >= 0.6 is 11.3 Å². The van der Waals surface area contributed by atoms with Gasteiger partial charge in [0.1, 0.15) is 54.9 Å². The molecular weight excluding hydrogens is 784 g/mol. The summed E-state index contributed by atoms with van der Waals surface area (Å²) in [4.78, 5) is 0. The van der Waals surface area contributed by atoms with E-state index in [9.17, 15) is 0 Å². The van der Waals surface area contributed by atoms with Gasteiger partial charge in [0.05, 0.1) is 11.0 Å². The Balaban J connectivity index is 1.13. The topological polar surface area (TPSA) is 9.86 Å². The molecule has 0 aliphatic carbocycles. The minimum Gasteiger partial charge on any atom is -0.311 e. The van der Waals surface area contributed by atoms with Gasteiger partial charge in [-0.05, 0) is 81.7 Å². The lowest BCUT2D eigenvalue weighted by Crippen LogP contribution is -2.48. The summed E-state index contributed by atoms with van der Waals surface area (Å²) >= 11 is 1.74. The zero-order valence-corrected chi connectivity index (χ0v) is 35.2. The molecule has 9 aromatic carbocycles. The fourth-order valence-electron chi connectivity index (χ4n) is 9.89. The maximum Gasteiger partial charge on any atom is 0.115 e. The van der Waals surface area contributed by atoms with Crippen molar-refractivity contribution in [3.8, 4) is 44.8 Å². The number of aromatic nitrogens is 2. The highest BCUT2D eigenvalue weighted by molar-refractivity contribution is 7.25. The summed E-state index contributed by atoms with van der Waals surface area (Å²) in [6, 6.07) is 57.1. The van der Waals surface area contributed by atoms with Gasteiger partial charge >= 0.3 is 0 Å². The maximum atomic E-state index is 7.43. The van der Waals surface area contributed by atoms with Crippen molar-refractivity contribution in [1.82, 2.24) is 9.13 Å². The second kappa shape index (κ2) is 14.7. The molecule has 280 valence electrons. The van der Waals surface area contributed by atoms with Crippen LogP contribution in [0.3, 0.4) is 0 Å². The third kappa shape index (κ3) is 5.61. The van der Waals surface area contributed by atoms with Crippen molar-refractivity contribution < 1.29 is 0 Å². The van der Waals surface area contributed by atoms with Crippen LogP contribution in [0.5, 0.6) is 0 Å². The quantitative estimate of drug-likeness (QED) is 0.169. The Bertz CT molecular complexity index is 3910. The highest BCUT2D eigenvalue weighted by atomic mass is 32.1. The molecule has 0 saturated heterocycles. The second-order valence-electron chi connectivity index (χ2n) is 16.4. The molecule has 0 fully saturated rings. The van der Waals surface area contributed by atoms with Crippen molar-refractivity contribution in [3.05, 3.63) is 164 Å². The summed E-state index contributed by atoms with van der Waals surface area (Å²) in [6.45, 7) is 0. The Morgan fingerprint density at radius 1 is 0.328 bits per heavy atom. The molecule has 0 saturated carbocycles. The second-order valence-corrected chi connectivity index (χ2v) is 17.5.